The molecule has 0 aliphatic carbocycles. The van der Waals surface area contributed by atoms with Crippen molar-refractivity contribution >= 4 is 29.7 Å². The molecule has 8 heteroatoms. The Morgan fingerprint density at radius 2 is 2.00 bits per heavy atom. The Kier molecular flexibility index (Phi) is 5.44. The summed E-state index contributed by atoms with van der Waals surface area (Å²) >= 11 is 1.59. The van der Waals surface area contributed by atoms with E-state index in [9.17, 15) is 19.5 Å². The molecule has 0 bridgehead atoms. The van der Waals surface area contributed by atoms with Crippen molar-refractivity contribution in [1.82, 2.24) is 10.2 Å². The number of hydrogen-bond acceptors (Lipinski definition) is 5. The Balaban J connectivity index is 2.11. The molecule has 2 unspecified atom stereocenters. The number of aliphatic carboxylic acids is 1. The maximum atomic E-state index is 12.8. The zero-order valence-corrected chi connectivity index (χ0v) is 14.5. The molecule has 0 saturated carbocycles. The minimum atomic E-state index is -0.985. The number of hydrogen-bond donors (Lipinski definition) is 2. The number of fused-ring (bicyclic) bond motifs is 1. The molecule has 0 spiro atoms. The number of thioether (sulfide) groups is 1. The summed E-state index contributed by atoms with van der Waals surface area (Å²) in [5.74, 6) is -0.612. The predicted octanol–water partition coefficient (Wildman–Crippen LogP) is 1.81. The molecule has 2 aliphatic rings. The molecular weight excluding hydrogens is 320 g/mol. The van der Waals surface area contributed by atoms with Gasteiger partial charge in [0.1, 0.15) is 17.7 Å². The van der Waals surface area contributed by atoms with E-state index < -0.39 is 29.7 Å². The molecular formula is C15H24N2O5S. The summed E-state index contributed by atoms with van der Waals surface area (Å²) in [4.78, 5) is 37.6. The average Bonchev–Trinajstić information content (AvgIpc) is 2.57. The SMILES string of the molecule is CC(C)(C)OC(=O)NC1CCS[C@H]2CCCC(C(=O)O)N2C1=O. The number of alkyl carbamates (subject to hydrolysis) is 1. The number of piperidine rings is 1. The first kappa shape index (κ1) is 17.9. The first-order valence-electron chi connectivity index (χ1n) is 7.85. The molecule has 0 aromatic rings. The van der Waals surface area contributed by atoms with Crippen LogP contribution in [0, 0.1) is 0 Å². The summed E-state index contributed by atoms with van der Waals surface area (Å²) in [5.41, 5.74) is -0.649. The highest BCUT2D eigenvalue weighted by atomic mass is 32.2. The van der Waals surface area contributed by atoms with Gasteiger partial charge in [-0.25, -0.2) is 9.59 Å². The van der Waals surface area contributed by atoms with Crippen LogP contribution < -0.4 is 5.32 Å². The number of carboxylic acids is 1. The Labute approximate surface area is 140 Å². The second kappa shape index (κ2) is 6.98. The number of rotatable bonds is 2. The molecule has 2 rings (SSSR count). The minimum Gasteiger partial charge on any atom is -0.480 e. The van der Waals surface area contributed by atoms with Crippen molar-refractivity contribution in [2.24, 2.45) is 0 Å². The van der Waals surface area contributed by atoms with Gasteiger partial charge < -0.3 is 20.1 Å². The van der Waals surface area contributed by atoms with Gasteiger partial charge in [-0.15, -0.1) is 11.8 Å². The molecule has 7 nitrogen and oxygen atoms in total. The summed E-state index contributed by atoms with van der Waals surface area (Å²) < 4.78 is 5.20. The number of carbonyl (C=O) groups excluding carboxylic acids is 2. The van der Waals surface area contributed by atoms with E-state index in [4.69, 9.17) is 4.74 Å². The fourth-order valence-corrected chi connectivity index (χ4v) is 4.26. The van der Waals surface area contributed by atoms with Crippen LogP contribution in [0.2, 0.25) is 0 Å². The Hall–Kier alpha value is -1.44. The first-order valence-corrected chi connectivity index (χ1v) is 8.90. The number of amides is 2. The Morgan fingerprint density at radius 3 is 2.61 bits per heavy atom. The molecule has 2 amide bonds. The quantitative estimate of drug-likeness (QED) is 0.793. The average molecular weight is 344 g/mol. The van der Waals surface area contributed by atoms with Gasteiger partial charge in [0, 0.05) is 0 Å². The van der Waals surface area contributed by atoms with Gasteiger partial charge >= 0.3 is 12.1 Å². The lowest BCUT2D eigenvalue weighted by molar-refractivity contribution is -0.153. The molecule has 2 N–H and O–H groups in total. The lowest BCUT2D eigenvalue weighted by Crippen LogP contribution is -2.57. The third kappa shape index (κ3) is 4.53. The molecule has 3 atom stereocenters. The summed E-state index contributed by atoms with van der Waals surface area (Å²) in [6.45, 7) is 5.25. The van der Waals surface area contributed by atoms with E-state index >= 15 is 0 Å². The van der Waals surface area contributed by atoms with Crippen molar-refractivity contribution in [3.63, 3.8) is 0 Å². The van der Waals surface area contributed by atoms with Crippen LogP contribution >= 0.6 is 11.8 Å². The third-order valence-corrected chi connectivity index (χ3v) is 5.14. The van der Waals surface area contributed by atoms with Gasteiger partial charge in [-0.3, -0.25) is 4.79 Å². The van der Waals surface area contributed by atoms with Crippen molar-refractivity contribution < 1.29 is 24.2 Å². The third-order valence-electron chi connectivity index (χ3n) is 3.82. The van der Waals surface area contributed by atoms with Crippen molar-refractivity contribution in [2.45, 2.75) is 69.5 Å². The second-order valence-electron chi connectivity index (χ2n) is 6.84. The standard InChI is InChI=1S/C15H24N2O5S/c1-15(2,3)22-14(21)16-9-7-8-23-11-6-4-5-10(13(19)20)17(11)12(9)18/h9-11H,4-8H2,1-3H3,(H,16,21)(H,19,20)/t9?,10?,11-/m0/s1. The van der Waals surface area contributed by atoms with Crippen molar-refractivity contribution in [3.05, 3.63) is 0 Å². The van der Waals surface area contributed by atoms with Gasteiger partial charge in [-0.05, 0) is 52.2 Å². The van der Waals surface area contributed by atoms with Crippen LogP contribution in [-0.4, -0.2) is 56.8 Å². The highest BCUT2D eigenvalue weighted by Crippen LogP contribution is 2.34. The summed E-state index contributed by atoms with van der Waals surface area (Å²) in [6.07, 6.45) is 1.87. The van der Waals surface area contributed by atoms with Gasteiger partial charge in [0.15, 0.2) is 0 Å². The number of nitrogens with one attached hydrogen (secondary N) is 1. The Morgan fingerprint density at radius 1 is 1.30 bits per heavy atom. The summed E-state index contributed by atoms with van der Waals surface area (Å²) in [6, 6.07) is -1.54. The molecule has 2 fully saturated rings. The fraction of sp³-hybridized carbons (Fsp3) is 0.800. The normalized spacial score (nSPS) is 28.6. The Bertz CT molecular complexity index is 491. The highest BCUT2D eigenvalue weighted by molar-refractivity contribution is 7.99. The van der Waals surface area contributed by atoms with Crippen LogP contribution in [0.25, 0.3) is 0 Å². The second-order valence-corrected chi connectivity index (χ2v) is 8.13. The maximum absolute atomic E-state index is 12.8. The van der Waals surface area contributed by atoms with Gasteiger partial charge in [-0.2, -0.15) is 0 Å². The van der Waals surface area contributed by atoms with Crippen LogP contribution in [0.4, 0.5) is 4.79 Å². The molecule has 0 aromatic carbocycles. The topological polar surface area (TPSA) is 95.9 Å². The van der Waals surface area contributed by atoms with Crippen molar-refractivity contribution in [1.29, 1.82) is 0 Å². The molecule has 130 valence electrons. The maximum Gasteiger partial charge on any atom is 0.408 e. The zero-order chi connectivity index (χ0) is 17.2. The minimum absolute atomic E-state index is 0.122. The largest absolute Gasteiger partial charge is 0.480 e. The number of nitrogens with zero attached hydrogens (tertiary/aromatic N) is 1. The van der Waals surface area contributed by atoms with Crippen LogP contribution in [0.1, 0.15) is 46.5 Å². The first-order chi connectivity index (χ1) is 10.7. The highest BCUT2D eigenvalue weighted by Gasteiger charge is 2.43. The van der Waals surface area contributed by atoms with E-state index in [0.717, 1.165) is 12.8 Å². The van der Waals surface area contributed by atoms with E-state index in [2.05, 4.69) is 5.32 Å². The zero-order valence-electron chi connectivity index (χ0n) is 13.7. The molecule has 2 saturated heterocycles. The van der Waals surface area contributed by atoms with Gasteiger partial charge in [-0.1, -0.05) is 0 Å². The predicted molar refractivity (Wildman–Crippen MR) is 86.1 cm³/mol. The van der Waals surface area contributed by atoms with Crippen LogP contribution in [0.15, 0.2) is 0 Å². The van der Waals surface area contributed by atoms with Crippen LogP contribution in [0.5, 0.6) is 0 Å². The van der Waals surface area contributed by atoms with Crippen molar-refractivity contribution in [3.8, 4) is 0 Å². The van der Waals surface area contributed by atoms with E-state index in [1.54, 1.807) is 32.5 Å². The lowest BCUT2D eigenvalue weighted by Gasteiger charge is -2.39. The van der Waals surface area contributed by atoms with Crippen LogP contribution in [-0.2, 0) is 14.3 Å². The van der Waals surface area contributed by atoms with E-state index in [0.29, 0.717) is 18.6 Å². The summed E-state index contributed by atoms with van der Waals surface area (Å²) in [7, 11) is 0. The smallest absolute Gasteiger partial charge is 0.408 e. The molecule has 2 heterocycles. The summed E-state index contributed by atoms with van der Waals surface area (Å²) in [5, 5.41) is 11.9. The monoisotopic (exact) mass is 344 g/mol. The molecule has 23 heavy (non-hydrogen) atoms. The van der Waals surface area contributed by atoms with Gasteiger partial charge in [0.05, 0.1) is 5.37 Å². The number of carbonyl (C=O) groups is 3. The number of carboxylic acid groups (broad SMARTS) is 1. The van der Waals surface area contributed by atoms with Gasteiger partial charge in [0.2, 0.25) is 5.91 Å². The van der Waals surface area contributed by atoms with Gasteiger partial charge in [0.25, 0.3) is 0 Å². The van der Waals surface area contributed by atoms with E-state index in [-0.39, 0.29) is 11.3 Å². The molecule has 2 aliphatic heterocycles. The lowest BCUT2D eigenvalue weighted by atomic mass is 10.0. The molecule has 0 radical (unpaired) electrons. The fourth-order valence-electron chi connectivity index (χ4n) is 2.88. The van der Waals surface area contributed by atoms with Crippen LogP contribution in [0.3, 0.4) is 0 Å². The van der Waals surface area contributed by atoms with Crippen molar-refractivity contribution in [2.75, 3.05) is 5.75 Å². The van der Waals surface area contributed by atoms with E-state index in [1.807, 2.05) is 0 Å². The van der Waals surface area contributed by atoms with E-state index in [1.165, 1.54) is 4.90 Å². The molecule has 0 aromatic heterocycles. The number of ether oxygens (including phenoxy) is 1.